The van der Waals surface area contributed by atoms with Crippen molar-refractivity contribution >= 4 is 0 Å². The molecule has 0 aliphatic heterocycles. The fraction of sp³-hybridized carbons (Fsp3) is 0.625. The third-order valence-electron chi connectivity index (χ3n) is 3.49. The molecule has 1 aliphatic rings. The molecule has 0 amide bonds. The zero-order chi connectivity index (χ0) is 13.9. The van der Waals surface area contributed by atoms with E-state index in [1.165, 1.54) is 18.9 Å². The second-order valence-electron chi connectivity index (χ2n) is 6.62. The van der Waals surface area contributed by atoms with Crippen LogP contribution in [0.4, 0.5) is 4.39 Å². The Bertz CT molecular complexity index is 413. The van der Waals surface area contributed by atoms with Gasteiger partial charge >= 0.3 is 0 Å². The molecule has 0 aromatic heterocycles. The maximum atomic E-state index is 13.1. The molecular formula is C16H25FN2. The predicted molar refractivity (Wildman–Crippen MR) is 77.5 cm³/mol. The number of halogens is 1. The summed E-state index contributed by atoms with van der Waals surface area (Å²) in [6.07, 6.45) is 2.66. The smallest absolute Gasteiger partial charge is 0.123 e. The molecular weight excluding hydrogens is 239 g/mol. The summed E-state index contributed by atoms with van der Waals surface area (Å²) in [5.41, 5.74) is 1.28. The third-order valence-corrected chi connectivity index (χ3v) is 3.49. The molecule has 1 saturated carbocycles. The van der Waals surface area contributed by atoms with Crippen molar-refractivity contribution < 1.29 is 4.39 Å². The Hall–Kier alpha value is -0.930. The lowest BCUT2D eigenvalue weighted by Gasteiger charge is -2.30. The molecule has 1 aromatic rings. The van der Waals surface area contributed by atoms with Gasteiger partial charge in [0.2, 0.25) is 0 Å². The van der Waals surface area contributed by atoms with Gasteiger partial charge in [0.15, 0.2) is 0 Å². The van der Waals surface area contributed by atoms with E-state index in [1.54, 1.807) is 12.1 Å². The molecule has 2 rings (SSSR count). The number of benzene rings is 1. The van der Waals surface area contributed by atoms with Gasteiger partial charge in [-0.2, -0.15) is 0 Å². The number of hydrogen-bond donors (Lipinski definition) is 1. The van der Waals surface area contributed by atoms with E-state index >= 15 is 0 Å². The fourth-order valence-electron chi connectivity index (χ4n) is 2.50. The van der Waals surface area contributed by atoms with Crippen molar-refractivity contribution in [1.82, 2.24) is 10.2 Å². The molecule has 0 unspecified atom stereocenters. The summed E-state index contributed by atoms with van der Waals surface area (Å²) >= 11 is 0. The van der Waals surface area contributed by atoms with Crippen LogP contribution in [0.2, 0.25) is 0 Å². The molecule has 1 aromatic carbocycles. The average Bonchev–Trinajstić information content (AvgIpc) is 3.09. The first-order chi connectivity index (χ1) is 8.94. The highest BCUT2D eigenvalue weighted by atomic mass is 19.1. The topological polar surface area (TPSA) is 15.3 Å². The highest BCUT2D eigenvalue weighted by molar-refractivity contribution is 5.16. The van der Waals surface area contributed by atoms with Crippen molar-refractivity contribution in [2.75, 3.05) is 20.1 Å². The summed E-state index contributed by atoms with van der Waals surface area (Å²) in [4.78, 5) is 2.27. The summed E-state index contributed by atoms with van der Waals surface area (Å²) in [7, 11) is 2.10. The molecule has 2 nitrogen and oxygen atoms in total. The van der Waals surface area contributed by atoms with Crippen LogP contribution in [0.3, 0.4) is 0 Å². The zero-order valence-corrected chi connectivity index (χ0v) is 12.2. The van der Waals surface area contributed by atoms with Crippen LogP contribution in [0, 0.1) is 11.2 Å². The first kappa shape index (κ1) is 14.5. The molecule has 0 atom stereocenters. The SMILES string of the molecule is CN(Cc1cccc(F)c1)CC(C)(C)CNC1CC1. The van der Waals surface area contributed by atoms with Crippen molar-refractivity contribution in [3.63, 3.8) is 0 Å². The van der Waals surface area contributed by atoms with Crippen LogP contribution in [0.5, 0.6) is 0 Å². The summed E-state index contributed by atoms with van der Waals surface area (Å²) in [6.45, 7) is 7.41. The molecule has 1 fully saturated rings. The Labute approximate surface area is 116 Å². The summed E-state index contributed by atoms with van der Waals surface area (Å²) < 4.78 is 13.1. The quantitative estimate of drug-likeness (QED) is 0.814. The van der Waals surface area contributed by atoms with Crippen LogP contribution in [0.1, 0.15) is 32.3 Å². The highest BCUT2D eigenvalue weighted by Gasteiger charge is 2.26. The molecule has 1 N–H and O–H groups in total. The second-order valence-corrected chi connectivity index (χ2v) is 6.62. The van der Waals surface area contributed by atoms with Gasteiger partial charge in [-0.15, -0.1) is 0 Å². The van der Waals surface area contributed by atoms with Crippen LogP contribution >= 0.6 is 0 Å². The molecule has 3 heteroatoms. The number of nitrogens with zero attached hydrogens (tertiary/aromatic N) is 1. The van der Waals surface area contributed by atoms with E-state index in [0.29, 0.717) is 0 Å². The molecule has 0 bridgehead atoms. The largest absolute Gasteiger partial charge is 0.313 e. The van der Waals surface area contributed by atoms with Crippen LogP contribution in [0.25, 0.3) is 0 Å². The minimum atomic E-state index is -0.152. The van der Waals surface area contributed by atoms with E-state index in [9.17, 15) is 4.39 Å². The lowest BCUT2D eigenvalue weighted by atomic mass is 9.92. The molecule has 0 saturated heterocycles. The van der Waals surface area contributed by atoms with Crippen molar-refractivity contribution in [3.05, 3.63) is 35.6 Å². The van der Waals surface area contributed by atoms with Gasteiger partial charge in [0, 0.05) is 25.7 Å². The average molecular weight is 264 g/mol. The molecule has 1 aliphatic carbocycles. The standard InChI is InChI=1S/C16H25FN2/c1-16(2,11-18-15-7-8-15)12-19(3)10-13-5-4-6-14(17)9-13/h4-6,9,15,18H,7-8,10-12H2,1-3H3. The van der Waals surface area contributed by atoms with Gasteiger partial charge in [-0.05, 0) is 43.0 Å². The minimum Gasteiger partial charge on any atom is -0.313 e. The molecule has 19 heavy (non-hydrogen) atoms. The van der Waals surface area contributed by atoms with Gasteiger partial charge < -0.3 is 10.2 Å². The first-order valence-corrected chi connectivity index (χ1v) is 7.11. The Balaban J connectivity index is 1.80. The lowest BCUT2D eigenvalue weighted by Crippen LogP contribution is -2.39. The summed E-state index contributed by atoms with van der Waals surface area (Å²) in [5.74, 6) is -0.152. The lowest BCUT2D eigenvalue weighted by molar-refractivity contribution is 0.198. The van der Waals surface area contributed by atoms with Crippen LogP contribution in [0.15, 0.2) is 24.3 Å². The van der Waals surface area contributed by atoms with Crippen LogP contribution in [-0.2, 0) is 6.54 Å². The Kier molecular flexibility index (Phi) is 4.58. The molecule has 0 spiro atoms. The maximum Gasteiger partial charge on any atom is 0.123 e. The van der Waals surface area contributed by atoms with E-state index in [1.807, 2.05) is 6.07 Å². The van der Waals surface area contributed by atoms with E-state index in [2.05, 4.69) is 31.1 Å². The van der Waals surface area contributed by atoms with E-state index < -0.39 is 0 Å². The van der Waals surface area contributed by atoms with Gasteiger partial charge in [-0.3, -0.25) is 0 Å². The zero-order valence-electron chi connectivity index (χ0n) is 12.2. The Morgan fingerprint density at radius 3 is 2.74 bits per heavy atom. The van der Waals surface area contributed by atoms with Gasteiger partial charge in [0.1, 0.15) is 5.82 Å². The highest BCUT2D eigenvalue weighted by Crippen LogP contribution is 2.22. The van der Waals surface area contributed by atoms with Gasteiger partial charge in [0.05, 0.1) is 0 Å². The molecule has 0 heterocycles. The number of nitrogens with one attached hydrogen (secondary N) is 1. The second kappa shape index (κ2) is 6.02. The maximum absolute atomic E-state index is 13.1. The first-order valence-electron chi connectivity index (χ1n) is 7.11. The Morgan fingerprint density at radius 2 is 2.11 bits per heavy atom. The van der Waals surface area contributed by atoms with Crippen molar-refractivity contribution in [3.8, 4) is 0 Å². The summed E-state index contributed by atoms with van der Waals surface area (Å²) in [6, 6.07) is 7.62. The van der Waals surface area contributed by atoms with Crippen molar-refractivity contribution in [2.45, 2.75) is 39.3 Å². The van der Waals surface area contributed by atoms with Crippen molar-refractivity contribution in [2.24, 2.45) is 5.41 Å². The van der Waals surface area contributed by atoms with Crippen LogP contribution in [-0.4, -0.2) is 31.1 Å². The number of hydrogen-bond acceptors (Lipinski definition) is 2. The van der Waals surface area contributed by atoms with Crippen molar-refractivity contribution in [1.29, 1.82) is 0 Å². The molecule has 0 radical (unpaired) electrons. The molecule has 106 valence electrons. The van der Waals surface area contributed by atoms with E-state index in [0.717, 1.165) is 31.2 Å². The van der Waals surface area contributed by atoms with E-state index in [4.69, 9.17) is 0 Å². The van der Waals surface area contributed by atoms with E-state index in [-0.39, 0.29) is 11.2 Å². The minimum absolute atomic E-state index is 0.152. The van der Waals surface area contributed by atoms with Gasteiger partial charge in [-0.1, -0.05) is 26.0 Å². The van der Waals surface area contributed by atoms with Crippen LogP contribution < -0.4 is 5.32 Å². The fourth-order valence-corrected chi connectivity index (χ4v) is 2.50. The predicted octanol–water partition coefficient (Wildman–Crippen LogP) is 3.04. The van der Waals surface area contributed by atoms with Gasteiger partial charge in [-0.25, -0.2) is 4.39 Å². The summed E-state index contributed by atoms with van der Waals surface area (Å²) in [5, 5.41) is 3.59. The number of rotatable bonds is 7. The monoisotopic (exact) mass is 264 g/mol. The Morgan fingerprint density at radius 1 is 1.37 bits per heavy atom. The normalized spacial score (nSPS) is 16.1. The third kappa shape index (κ3) is 5.29. The van der Waals surface area contributed by atoms with Gasteiger partial charge in [0.25, 0.3) is 0 Å².